The number of rotatable bonds is 1. The van der Waals surface area contributed by atoms with Gasteiger partial charge in [-0.2, -0.15) is 0 Å². The second kappa shape index (κ2) is 3.25. The SMILES string of the molecule is Cc1cc(N)ccc1C1=CCCC1. The fourth-order valence-corrected chi connectivity index (χ4v) is 1.96. The highest BCUT2D eigenvalue weighted by Crippen LogP contribution is 2.30. The summed E-state index contributed by atoms with van der Waals surface area (Å²) in [5.74, 6) is 0. The number of nitrogen functional groups attached to an aromatic ring is 1. The number of allylic oxidation sites excluding steroid dienone is 2. The van der Waals surface area contributed by atoms with Crippen LogP contribution in [-0.4, -0.2) is 0 Å². The van der Waals surface area contributed by atoms with Gasteiger partial charge < -0.3 is 5.73 Å². The molecule has 13 heavy (non-hydrogen) atoms. The minimum absolute atomic E-state index is 0.861. The third-order valence-electron chi connectivity index (χ3n) is 2.64. The van der Waals surface area contributed by atoms with Gasteiger partial charge in [-0.15, -0.1) is 0 Å². The maximum Gasteiger partial charge on any atom is 0.0317 e. The molecule has 1 aliphatic rings. The Hall–Kier alpha value is -1.24. The minimum Gasteiger partial charge on any atom is -0.399 e. The van der Waals surface area contributed by atoms with Gasteiger partial charge >= 0.3 is 0 Å². The van der Waals surface area contributed by atoms with E-state index in [0.29, 0.717) is 0 Å². The summed E-state index contributed by atoms with van der Waals surface area (Å²) in [5, 5.41) is 0. The van der Waals surface area contributed by atoms with E-state index in [2.05, 4.69) is 25.1 Å². The van der Waals surface area contributed by atoms with Gasteiger partial charge in [0.1, 0.15) is 0 Å². The van der Waals surface area contributed by atoms with Crippen LogP contribution in [0.15, 0.2) is 24.3 Å². The van der Waals surface area contributed by atoms with Crippen LogP contribution in [0.1, 0.15) is 30.4 Å². The molecule has 1 heteroatoms. The molecule has 1 aromatic carbocycles. The second-order valence-electron chi connectivity index (χ2n) is 3.70. The van der Waals surface area contributed by atoms with Gasteiger partial charge in [0.15, 0.2) is 0 Å². The molecule has 0 aliphatic heterocycles. The fourth-order valence-electron chi connectivity index (χ4n) is 1.96. The zero-order valence-electron chi connectivity index (χ0n) is 8.01. The quantitative estimate of drug-likeness (QED) is 0.649. The monoisotopic (exact) mass is 173 g/mol. The summed E-state index contributed by atoms with van der Waals surface area (Å²) in [6, 6.07) is 6.18. The first kappa shape index (κ1) is 8.36. The van der Waals surface area contributed by atoms with Gasteiger partial charge in [0.25, 0.3) is 0 Å². The van der Waals surface area contributed by atoms with Crippen molar-refractivity contribution in [1.29, 1.82) is 0 Å². The van der Waals surface area contributed by atoms with Crippen LogP contribution in [0.2, 0.25) is 0 Å². The number of anilines is 1. The molecule has 1 aromatic rings. The van der Waals surface area contributed by atoms with Crippen LogP contribution in [0.4, 0.5) is 5.69 Å². The molecule has 0 radical (unpaired) electrons. The molecule has 0 bridgehead atoms. The van der Waals surface area contributed by atoms with E-state index in [1.165, 1.54) is 36.0 Å². The van der Waals surface area contributed by atoms with E-state index >= 15 is 0 Å². The van der Waals surface area contributed by atoms with Crippen LogP contribution in [0, 0.1) is 6.92 Å². The van der Waals surface area contributed by atoms with E-state index in [-0.39, 0.29) is 0 Å². The summed E-state index contributed by atoms with van der Waals surface area (Å²) in [6.07, 6.45) is 6.11. The van der Waals surface area contributed by atoms with Crippen molar-refractivity contribution in [2.24, 2.45) is 0 Å². The predicted octanol–water partition coefficient (Wildman–Crippen LogP) is 3.14. The summed E-state index contributed by atoms with van der Waals surface area (Å²) in [7, 11) is 0. The lowest BCUT2D eigenvalue weighted by molar-refractivity contribution is 0.935. The van der Waals surface area contributed by atoms with Crippen molar-refractivity contribution in [1.82, 2.24) is 0 Å². The van der Waals surface area contributed by atoms with Crippen LogP contribution in [0.25, 0.3) is 5.57 Å². The maximum atomic E-state index is 5.71. The lowest BCUT2D eigenvalue weighted by Gasteiger charge is -2.07. The van der Waals surface area contributed by atoms with Gasteiger partial charge in [-0.1, -0.05) is 12.1 Å². The van der Waals surface area contributed by atoms with Gasteiger partial charge in [0, 0.05) is 5.69 Å². The first-order valence-electron chi connectivity index (χ1n) is 4.83. The Balaban J connectivity index is 2.40. The molecular weight excluding hydrogens is 158 g/mol. The maximum absolute atomic E-state index is 5.71. The highest BCUT2D eigenvalue weighted by molar-refractivity contribution is 5.71. The van der Waals surface area contributed by atoms with E-state index in [9.17, 15) is 0 Å². The lowest BCUT2D eigenvalue weighted by atomic mass is 10.00. The molecular formula is C12H15N. The average Bonchev–Trinajstić information content (AvgIpc) is 2.56. The zero-order valence-corrected chi connectivity index (χ0v) is 8.01. The minimum atomic E-state index is 0.861. The Morgan fingerprint density at radius 3 is 2.77 bits per heavy atom. The van der Waals surface area contributed by atoms with Crippen molar-refractivity contribution < 1.29 is 0 Å². The van der Waals surface area contributed by atoms with Gasteiger partial charge in [0.05, 0.1) is 0 Å². The van der Waals surface area contributed by atoms with E-state index in [4.69, 9.17) is 5.73 Å². The number of hydrogen-bond donors (Lipinski definition) is 1. The van der Waals surface area contributed by atoms with Crippen LogP contribution < -0.4 is 5.73 Å². The van der Waals surface area contributed by atoms with E-state index in [0.717, 1.165) is 5.69 Å². The Morgan fingerprint density at radius 1 is 1.31 bits per heavy atom. The molecule has 0 atom stereocenters. The molecule has 0 unspecified atom stereocenters. The largest absolute Gasteiger partial charge is 0.399 e. The van der Waals surface area contributed by atoms with Crippen molar-refractivity contribution in [3.63, 3.8) is 0 Å². The topological polar surface area (TPSA) is 26.0 Å². The smallest absolute Gasteiger partial charge is 0.0317 e. The lowest BCUT2D eigenvalue weighted by Crippen LogP contribution is -1.90. The molecule has 0 saturated heterocycles. The summed E-state index contributed by atoms with van der Waals surface area (Å²) < 4.78 is 0. The number of benzene rings is 1. The summed E-state index contributed by atoms with van der Waals surface area (Å²) in [4.78, 5) is 0. The molecule has 0 fully saturated rings. The standard InChI is InChI=1S/C12H15N/c1-9-8-11(13)6-7-12(9)10-4-2-3-5-10/h4,6-8H,2-3,5,13H2,1H3. The third kappa shape index (κ3) is 1.59. The first-order chi connectivity index (χ1) is 6.27. The highest BCUT2D eigenvalue weighted by atomic mass is 14.5. The molecule has 1 nitrogen and oxygen atoms in total. The summed E-state index contributed by atoms with van der Waals surface area (Å²) in [5.41, 5.74) is 10.7. The normalized spacial score (nSPS) is 15.9. The molecule has 68 valence electrons. The van der Waals surface area contributed by atoms with Gasteiger partial charge in [-0.25, -0.2) is 0 Å². The predicted molar refractivity (Wildman–Crippen MR) is 57.4 cm³/mol. The van der Waals surface area contributed by atoms with E-state index in [1.807, 2.05) is 6.07 Å². The number of hydrogen-bond acceptors (Lipinski definition) is 1. The Labute approximate surface area is 79.3 Å². The summed E-state index contributed by atoms with van der Waals surface area (Å²) >= 11 is 0. The zero-order chi connectivity index (χ0) is 9.26. The molecule has 1 aliphatic carbocycles. The van der Waals surface area contributed by atoms with Gasteiger partial charge in [0.2, 0.25) is 0 Å². The van der Waals surface area contributed by atoms with Crippen LogP contribution >= 0.6 is 0 Å². The van der Waals surface area contributed by atoms with Crippen LogP contribution in [-0.2, 0) is 0 Å². The molecule has 2 rings (SSSR count). The molecule has 0 heterocycles. The average molecular weight is 173 g/mol. The van der Waals surface area contributed by atoms with Crippen molar-refractivity contribution in [2.75, 3.05) is 5.73 Å². The van der Waals surface area contributed by atoms with Crippen molar-refractivity contribution >= 4 is 11.3 Å². The highest BCUT2D eigenvalue weighted by Gasteiger charge is 2.08. The van der Waals surface area contributed by atoms with Gasteiger partial charge in [-0.3, -0.25) is 0 Å². The summed E-state index contributed by atoms with van der Waals surface area (Å²) in [6.45, 7) is 2.13. The van der Waals surface area contributed by atoms with Crippen molar-refractivity contribution in [2.45, 2.75) is 26.2 Å². The van der Waals surface area contributed by atoms with Crippen molar-refractivity contribution in [3.05, 3.63) is 35.4 Å². The molecule has 0 spiro atoms. The molecule has 2 N–H and O–H groups in total. The van der Waals surface area contributed by atoms with Gasteiger partial charge in [-0.05, 0) is 55.0 Å². The fraction of sp³-hybridized carbons (Fsp3) is 0.333. The second-order valence-corrected chi connectivity index (χ2v) is 3.70. The van der Waals surface area contributed by atoms with E-state index < -0.39 is 0 Å². The molecule has 0 saturated carbocycles. The van der Waals surface area contributed by atoms with E-state index in [1.54, 1.807) is 0 Å². The van der Waals surface area contributed by atoms with Crippen LogP contribution in [0.5, 0.6) is 0 Å². The Morgan fingerprint density at radius 2 is 2.15 bits per heavy atom. The van der Waals surface area contributed by atoms with Crippen molar-refractivity contribution in [3.8, 4) is 0 Å². The number of aryl methyl sites for hydroxylation is 1. The van der Waals surface area contributed by atoms with Crippen LogP contribution in [0.3, 0.4) is 0 Å². The molecule has 0 aromatic heterocycles. The molecule has 0 amide bonds. The first-order valence-corrected chi connectivity index (χ1v) is 4.83. The number of nitrogens with two attached hydrogens (primary N) is 1. The Bertz CT molecular complexity index is 350. The Kier molecular flexibility index (Phi) is 2.09. The third-order valence-corrected chi connectivity index (χ3v) is 2.64.